The van der Waals surface area contributed by atoms with Gasteiger partial charge in [0.2, 0.25) is 0 Å². The van der Waals surface area contributed by atoms with E-state index in [9.17, 15) is 0 Å². The molecule has 1 N–H and O–H groups in total. The number of hydrogen-bond acceptors (Lipinski definition) is 1. The predicted octanol–water partition coefficient (Wildman–Crippen LogP) is 5.43. The second-order valence-corrected chi connectivity index (χ2v) is 7.07. The lowest BCUT2D eigenvalue weighted by atomic mass is 9.77. The van der Waals surface area contributed by atoms with Crippen LogP contribution in [0.2, 0.25) is 0 Å². The van der Waals surface area contributed by atoms with E-state index in [0.717, 1.165) is 6.54 Å². The van der Waals surface area contributed by atoms with Gasteiger partial charge in [-0.05, 0) is 48.3 Å². The molecule has 1 unspecified atom stereocenters. The summed E-state index contributed by atoms with van der Waals surface area (Å²) < 4.78 is 0. The van der Waals surface area contributed by atoms with Gasteiger partial charge < -0.3 is 5.32 Å². The van der Waals surface area contributed by atoms with Crippen molar-refractivity contribution in [3.05, 3.63) is 35.4 Å². The monoisotopic (exact) mass is 273 g/mol. The summed E-state index contributed by atoms with van der Waals surface area (Å²) in [6, 6.07) is 9.86. The summed E-state index contributed by atoms with van der Waals surface area (Å²) in [4.78, 5) is 0. The van der Waals surface area contributed by atoms with Crippen molar-refractivity contribution in [2.24, 2.45) is 5.41 Å². The molecule has 112 valence electrons. The van der Waals surface area contributed by atoms with Gasteiger partial charge >= 0.3 is 0 Å². The van der Waals surface area contributed by atoms with Gasteiger partial charge in [-0.3, -0.25) is 0 Å². The van der Waals surface area contributed by atoms with Crippen LogP contribution in [0.5, 0.6) is 0 Å². The average molecular weight is 273 g/mol. The molecule has 1 aliphatic carbocycles. The highest BCUT2D eigenvalue weighted by atomic mass is 14.9. The average Bonchev–Trinajstić information content (AvgIpc) is 2.87. The highest BCUT2D eigenvalue weighted by Gasteiger charge is 2.37. The van der Waals surface area contributed by atoms with Crippen molar-refractivity contribution in [3.8, 4) is 0 Å². The minimum absolute atomic E-state index is 0.439. The van der Waals surface area contributed by atoms with Gasteiger partial charge in [-0.25, -0.2) is 0 Å². The summed E-state index contributed by atoms with van der Waals surface area (Å²) in [6.07, 6.45) is 6.72. The van der Waals surface area contributed by atoms with Gasteiger partial charge in [-0.15, -0.1) is 0 Å². The Kier molecular flexibility index (Phi) is 5.26. The fourth-order valence-electron chi connectivity index (χ4n) is 3.60. The highest BCUT2D eigenvalue weighted by molar-refractivity contribution is 5.28. The summed E-state index contributed by atoms with van der Waals surface area (Å²) in [5.74, 6) is 0.619. The van der Waals surface area contributed by atoms with E-state index in [1.807, 2.05) is 0 Å². The van der Waals surface area contributed by atoms with Crippen LogP contribution in [-0.4, -0.2) is 6.54 Å². The third kappa shape index (κ3) is 3.44. The fourth-order valence-corrected chi connectivity index (χ4v) is 3.60. The third-order valence-corrected chi connectivity index (χ3v) is 4.98. The van der Waals surface area contributed by atoms with E-state index in [-0.39, 0.29) is 0 Å². The van der Waals surface area contributed by atoms with E-state index in [2.05, 4.69) is 57.3 Å². The first-order chi connectivity index (χ1) is 9.57. The Labute approximate surface area is 125 Å². The van der Waals surface area contributed by atoms with Crippen LogP contribution in [0, 0.1) is 5.41 Å². The van der Waals surface area contributed by atoms with E-state index in [1.54, 1.807) is 0 Å². The van der Waals surface area contributed by atoms with Crippen molar-refractivity contribution in [2.75, 3.05) is 6.54 Å². The summed E-state index contributed by atoms with van der Waals surface area (Å²) in [5.41, 5.74) is 3.36. The van der Waals surface area contributed by atoms with Gasteiger partial charge in [0.05, 0.1) is 0 Å². The zero-order valence-corrected chi connectivity index (χ0v) is 13.7. The molecule has 0 bridgehead atoms. The molecule has 1 aliphatic rings. The van der Waals surface area contributed by atoms with E-state index >= 15 is 0 Å². The zero-order valence-electron chi connectivity index (χ0n) is 13.7. The molecular weight excluding hydrogens is 242 g/mol. The number of rotatable bonds is 6. The van der Waals surface area contributed by atoms with Crippen LogP contribution in [0.15, 0.2) is 24.3 Å². The molecule has 1 saturated carbocycles. The fraction of sp³-hybridized carbons (Fsp3) is 0.684. The Hall–Kier alpha value is -0.820. The van der Waals surface area contributed by atoms with Crippen molar-refractivity contribution in [2.45, 2.75) is 71.8 Å². The van der Waals surface area contributed by atoms with Crippen LogP contribution in [-0.2, 0) is 0 Å². The maximum Gasteiger partial charge on any atom is 0.0374 e. The quantitative estimate of drug-likeness (QED) is 0.728. The second kappa shape index (κ2) is 6.76. The molecule has 0 aliphatic heterocycles. The van der Waals surface area contributed by atoms with Gasteiger partial charge in [0.25, 0.3) is 0 Å². The van der Waals surface area contributed by atoms with Crippen molar-refractivity contribution in [1.29, 1.82) is 0 Å². The van der Waals surface area contributed by atoms with E-state index in [4.69, 9.17) is 0 Å². The SMILES string of the molecule is CCCNC(c1ccc(C(C)C)cc1)C1(C)CCCC1. The lowest BCUT2D eigenvalue weighted by Crippen LogP contribution is -2.35. The molecule has 1 atom stereocenters. The molecule has 0 amide bonds. The van der Waals surface area contributed by atoms with Crippen molar-refractivity contribution in [3.63, 3.8) is 0 Å². The Bertz CT molecular complexity index is 398. The van der Waals surface area contributed by atoms with Crippen molar-refractivity contribution in [1.82, 2.24) is 5.32 Å². The summed E-state index contributed by atoms with van der Waals surface area (Å²) in [5, 5.41) is 3.82. The standard InChI is InChI=1S/C19H31N/c1-5-14-20-18(19(4)12-6-7-13-19)17-10-8-16(9-11-17)15(2)3/h8-11,15,18,20H,5-7,12-14H2,1-4H3. The number of nitrogens with one attached hydrogen (secondary N) is 1. The van der Waals surface area contributed by atoms with Gasteiger partial charge in [0, 0.05) is 6.04 Å². The first-order valence-electron chi connectivity index (χ1n) is 8.40. The van der Waals surface area contributed by atoms with E-state index in [1.165, 1.54) is 43.2 Å². The van der Waals surface area contributed by atoms with Gasteiger partial charge in [0.15, 0.2) is 0 Å². The van der Waals surface area contributed by atoms with Crippen LogP contribution in [0.25, 0.3) is 0 Å². The number of hydrogen-bond donors (Lipinski definition) is 1. The molecule has 1 aromatic carbocycles. The maximum absolute atomic E-state index is 3.82. The van der Waals surface area contributed by atoms with Crippen molar-refractivity contribution < 1.29 is 0 Å². The molecule has 1 fully saturated rings. The van der Waals surface area contributed by atoms with Crippen LogP contribution in [0.3, 0.4) is 0 Å². The predicted molar refractivity (Wildman–Crippen MR) is 88.1 cm³/mol. The smallest absolute Gasteiger partial charge is 0.0374 e. The highest BCUT2D eigenvalue weighted by Crippen LogP contribution is 2.47. The number of benzene rings is 1. The summed E-state index contributed by atoms with van der Waals surface area (Å²) in [6.45, 7) is 10.4. The minimum atomic E-state index is 0.439. The minimum Gasteiger partial charge on any atom is -0.309 e. The molecule has 1 aromatic rings. The van der Waals surface area contributed by atoms with E-state index < -0.39 is 0 Å². The lowest BCUT2D eigenvalue weighted by molar-refractivity contribution is 0.223. The molecule has 0 spiro atoms. The summed E-state index contributed by atoms with van der Waals surface area (Å²) in [7, 11) is 0. The maximum atomic E-state index is 3.82. The summed E-state index contributed by atoms with van der Waals surface area (Å²) >= 11 is 0. The third-order valence-electron chi connectivity index (χ3n) is 4.98. The second-order valence-electron chi connectivity index (χ2n) is 7.07. The molecular formula is C19H31N. The molecule has 0 aromatic heterocycles. The normalized spacial score (nSPS) is 19.4. The molecule has 0 saturated heterocycles. The van der Waals surface area contributed by atoms with Crippen LogP contribution >= 0.6 is 0 Å². The first kappa shape index (κ1) is 15.6. The molecule has 2 rings (SSSR count). The topological polar surface area (TPSA) is 12.0 Å². The Morgan fingerprint density at radius 3 is 2.10 bits per heavy atom. The molecule has 1 nitrogen and oxygen atoms in total. The molecule has 0 radical (unpaired) electrons. The molecule has 0 heterocycles. The van der Waals surface area contributed by atoms with Crippen LogP contribution < -0.4 is 5.32 Å². The van der Waals surface area contributed by atoms with Crippen LogP contribution in [0.4, 0.5) is 0 Å². The van der Waals surface area contributed by atoms with Gasteiger partial charge in [0.1, 0.15) is 0 Å². The Morgan fingerprint density at radius 2 is 1.60 bits per heavy atom. The van der Waals surface area contributed by atoms with Crippen molar-refractivity contribution >= 4 is 0 Å². The first-order valence-corrected chi connectivity index (χ1v) is 8.40. The Balaban J connectivity index is 2.21. The lowest BCUT2D eigenvalue weighted by Gasteiger charge is -2.35. The zero-order chi connectivity index (χ0) is 14.6. The Morgan fingerprint density at radius 1 is 1.05 bits per heavy atom. The van der Waals surface area contributed by atoms with Crippen LogP contribution in [0.1, 0.15) is 82.9 Å². The molecule has 1 heteroatoms. The van der Waals surface area contributed by atoms with Gasteiger partial charge in [-0.2, -0.15) is 0 Å². The molecule has 20 heavy (non-hydrogen) atoms. The van der Waals surface area contributed by atoms with E-state index in [0.29, 0.717) is 17.4 Å². The largest absolute Gasteiger partial charge is 0.309 e. The van der Waals surface area contributed by atoms with Gasteiger partial charge in [-0.1, -0.05) is 64.8 Å².